The lowest BCUT2D eigenvalue weighted by atomic mass is 9.97. The predicted octanol–water partition coefficient (Wildman–Crippen LogP) is 4.12. The molecule has 2 atom stereocenters. The average Bonchev–Trinajstić information content (AvgIpc) is 3.57. The first-order chi connectivity index (χ1) is 15.0. The first kappa shape index (κ1) is 19.5. The highest BCUT2D eigenvalue weighted by Gasteiger charge is 2.41. The third-order valence-corrected chi connectivity index (χ3v) is 6.27. The summed E-state index contributed by atoms with van der Waals surface area (Å²) in [6, 6.07) is 3.46. The molecule has 1 fully saturated rings. The second kappa shape index (κ2) is 7.37. The molecule has 2 aromatic heterocycles. The van der Waals surface area contributed by atoms with Crippen LogP contribution in [-0.4, -0.2) is 29.0 Å². The molecule has 2 unspecified atom stereocenters. The molecule has 4 N–H and O–H groups in total. The van der Waals surface area contributed by atoms with E-state index in [1.807, 2.05) is 6.92 Å². The maximum atomic E-state index is 15.2. The Labute approximate surface area is 179 Å². The van der Waals surface area contributed by atoms with Crippen molar-refractivity contribution in [3.63, 3.8) is 0 Å². The topological polar surface area (TPSA) is 102 Å². The van der Waals surface area contributed by atoms with E-state index in [0.717, 1.165) is 24.1 Å². The Morgan fingerprint density at radius 2 is 2.16 bits per heavy atom. The molecule has 1 saturated carbocycles. The molecule has 1 aliphatic carbocycles. The van der Waals surface area contributed by atoms with E-state index in [1.165, 1.54) is 6.20 Å². The minimum atomic E-state index is -0.517. The van der Waals surface area contributed by atoms with Gasteiger partial charge in [0.15, 0.2) is 5.82 Å². The number of rotatable bonds is 4. The fraction of sp³-hybridized carbons (Fsp3) is 0.348. The van der Waals surface area contributed by atoms with Crippen molar-refractivity contribution < 1.29 is 13.9 Å². The Hall–Kier alpha value is -3.42. The number of carbonyl (C=O) groups excluding carboxylic acids is 1. The molecule has 2 aliphatic rings. The molecule has 0 bridgehead atoms. The quantitative estimate of drug-likeness (QED) is 0.548. The highest BCUT2D eigenvalue weighted by atomic mass is 19.1. The first-order valence-electron chi connectivity index (χ1n) is 10.5. The number of nitrogens with one attached hydrogen (secondary N) is 2. The summed E-state index contributed by atoms with van der Waals surface area (Å²) in [6.45, 7) is 5.19. The molecule has 31 heavy (non-hydrogen) atoms. The highest BCUT2D eigenvalue weighted by Crippen LogP contribution is 2.42. The van der Waals surface area contributed by atoms with Crippen LogP contribution in [0.2, 0.25) is 0 Å². The average molecular weight is 421 g/mol. The predicted molar refractivity (Wildman–Crippen MR) is 119 cm³/mol. The van der Waals surface area contributed by atoms with Crippen LogP contribution in [0.25, 0.3) is 21.9 Å². The van der Waals surface area contributed by atoms with E-state index in [1.54, 1.807) is 18.3 Å². The van der Waals surface area contributed by atoms with E-state index in [2.05, 4.69) is 27.5 Å². The second-order valence-corrected chi connectivity index (χ2v) is 8.19. The monoisotopic (exact) mass is 421 g/mol. The number of anilines is 3. The molecular weight excluding hydrogens is 397 g/mol. The van der Waals surface area contributed by atoms with Crippen LogP contribution in [0.15, 0.2) is 24.5 Å². The molecule has 3 heterocycles. The van der Waals surface area contributed by atoms with E-state index < -0.39 is 5.82 Å². The van der Waals surface area contributed by atoms with Gasteiger partial charge >= 0.3 is 0 Å². The normalized spacial score (nSPS) is 19.3. The number of hydrogen-bond acceptors (Lipinski definition) is 6. The molecule has 160 valence electrons. The van der Waals surface area contributed by atoms with E-state index in [9.17, 15) is 4.79 Å². The largest absolute Gasteiger partial charge is 0.474 e. The van der Waals surface area contributed by atoms with Crippen LogP contribution < -0.4 is 21.1 Å². The third-order valence-electron chi connectivity index (χ3n) is 6.27. The zero-order valence-electron chi connectivity index (χ0n) is 17.5. The zero-order valence-corrected chi connectivity index (χ0v) is 17.5. The van der Waals surface area contributed by atoms with Crippen molar-refractivity contribution in [3.05, 3.63) is 35.9 Å². The number of fused-ring (bicyclic) bond motifs is 2. The van der Waals surface area contributed by atoms with Crippen molar-refractivity contribution in [2.24, 2.45) is 11.8 Å². The lowest BCUT2D eigenvalue weighted by Crippen LogP contribution is -2.20. The molecule has 7 nitrogen and oxygen atoms in total. The van der Waals surface area contributed by atoms with Gasteiger partial charge in [-0.05, 0) is 42.3 Å². The number of nitrogens with zero attached hydrogens (tertiary/aromatic N) is 2. The van der Waals surface area contributed by atoms with Crippen molar-refractivity contribution in [1.29, 1.82) is 0 Å². The van der Waals surface area contributed by atoms with Crippen LogP contribution in [0.5, 0.6) is 5.88 Å². The fourth-order valence-corrected chi connectivity index (χ4v) is 4.29. The highest BCUT2D eigenvalue weighted by molar-refractivity contribution is 6.00. The Morgan fingerprint density at radius 3 is 2.94 bits per heavy atom. The van der Waals surface area contributed by atoms with Crippen LogP contribution in [0.4, 0.5) is 21.6 Å². The van der Waals surface area contributed by atoms with Gasteiger partial charge in [0.25, 0.3) is 0 Å². The molecule has 1 aromatic carbocycles. The van der Waals surface area contributed by atoms with E-state index in [-0.39, 0.29) is 17.5 Å². The lowest BCUT2D eigenvalue weighted by molar-refractivity contribution is -0.117. The molecule has 3 aromatic rings. The van der Waals surface area contributed by atoms with Gasteiger partial charge in [-0.25, -0.2) is 14.4 Å². The molecular formula is C23H24FN5O2. The van der Waals surface area contributed by atoms with Crippen LogP contribution in [0, 0.1) is 24.6 Å². The van der Waals surface area contributed by atoms with Gasteiger partial charge in [-0.2, -0.15) is 0 Å². The summed E-state index contributed by atoms with van der Waals surface area (Å²) in [7, 11) is 0. The van der Waals surface area contributed by atoms with E-state index >= 15 is 4.39 Å². The molecule has 0 saturated heterocycles. The summed E-state index contributed by atoms with van der Waals surface area (Å²) in [5, 5.41) is 7.35. The second-order valence-electron chi connectivity index (χ2n) is 8.19. The van der Waals surface area contributed by atoms with Gasteiger partial charge in [0.2, 0.25) is 11.8 Å². The number of nitrogens with two attached hydrogens (primary N) is 1. The minimum Gasteiger partial charge on any atom is -0.474 e. The SMILES string of the molecule is CCC1CC1C(=O)Nc1cc2cc(-c3cnc4c(c3C)NCCO4)c(F)c(N)c2cn1. The van der Waals surface area contributed by atoms with Crippen molar-refractivity contribution in [2.45, 2.75) is 26.7 Å². The molecule has 1 aliphatic heterocycles. The number of benzene rings is 1. The Balaban J connectivity index is 1.55. The Kier molecular flexibility index (Phi) is 4.64. The molecule has 0 radical (unpaired) electrons. The van der Waals surface area contributed by atoms with Gasteiger partial charge in [0.1, 0.15) is 18.1 Å². The van der Waals surface area contributed by atoms with E-state index in [4.69, 9.17) is 10.5 Å². The lowest BCUT2D eigenvalue weighted by Gasteiger charge is -2.22. The fourth-order valence-electron chi connectivity index (χ4n) is 4.29. The van der Waals surface area contributed by atoms with Crippen LogP contribution in [0.3, 0.4) is 0 Å². The number of halogens is 1. The number of amides is 1. The number of pyridine rings is 2. The summed E-state index contributed by atoms with van der Waals surface area (Å²) in [4.78, 5) is 21.0. The number of ether oxygens (including phenoxy) is 1. The number of aromatic nitrogens is 2. The third kappa shape index (κ3) is 3.32. The number of hydrogen-bond donors (Lipinski definition) is 3. The molecule has 5 rings (SSSR count). The van der Waals surface area contributed by atoms with Gasteiger partial charge in [-0.3, -0.25) is 4.79 Å². The summed E-state index contributed by atoms with van der Waals surface area (Å²) >= 11 is 0. The maximum Gasteiger partial charge on any atom is 0.237 e. The smallest absolute Gasteiger partial charge is 0.237 e. The van der Waals surface area contributed by atoms with Crippen LogP contribution in [0.1, 0.15) is 25.3 Å². The summed E-state index contributed by atoms with van der Waals surface area (Å²) < 4.78 is 20.8. The molecule has 1 amide bonds. The molecule has 8 heteroatoms. The number of carbonyl (C=O) groups is 1. The van der Waals surface area contributed by atoms with Gasteiger partial charge < -0.3 is 21.1 Å². The van der Waals surface area contributed by atoms with Gasteiger partial charge in [0, 0.05) is 41.4 Å². The standard InChI is InChI=1S/C23H24FN5O2/c1-3-12-6-14(12)22(30)29-18-8-13-7-15(19(24)20(25)17(13)10-27-18)16-9-28-23-21(11(16)2)26-4-5-31-23/h7-10,12,14,26H,3-6,25H2,1-2H3,(H,27,29,30). The summed E-state index contributed by atoms with van der Waals surface area (Å²) in [5.41, 5.74) is 8.73. The number of nitrogen functional groups attached to an aromatic ring is 1. The van der Waals surface area contributed by atoms with Crippen LogP contribution >= 0.6 is 0 Å². The summed E-state index contributed by atoms with van der Waals surface area (Å²) in [5.74, 6) is 0.920. The first-order valence-corrected chi connectivity index (χ1v) is 10.5. The maximum absolute atomic E-state index is 15.2. The van der Waals surface area contributed by atoms with Gasteiger partial charge in [0.05, 0.1) is 5.69 Å². The van der Waals surface area contributed by atoms with Crippen molar-refractivity contribution in [1.82, 2.24) is 9.97 Å². The summed E-state index contributed by atoms with van der Waals surface area (Å²) in [6.07, 6.45) is 5.02. The Bertz CT molecular complexity index is 1210. The van der Waals surface area contributed by atoms with Gasteiger partial charge in [-0.15, -0.1) is 0 Å². The van der Waals surface area contributed by atoms with Crippen molar-refractivity contribution >= 4 is 33.9 Å². The van der Waals surface area contributed by atoms with Crippen molar-refractivity contribution in [3.8, 4) is 17.0 Å². The van der Waals surface area contributed by atoms with E-state index in [0.29, 0.717) is 52.7 Å². The Morgan fingerprint density at radius 1 is 1.32 bits per heavy atom. The van der Waals surface area contributed by atoms with Crippen molar-refractivity contribution in [2.75, 3.05) is 29.5 Å². The molecule has 0 spiro atoms. The zero-order chi connectivity index (χ0) is 21.7. The minimum absolute atomic E-state index is 0.0187. The van der Waals surface area contributed by atoms with Crippen LogP contribution in [-0.2, 0) is 4.79 Å². The van der Waals surface area contributed by atoms with Gasteiger partial charge in [-0.1, -0.05) is 13.3 Å².